The first-order chi connectivity index (χ1) is 6.26. The molecule has 1 unspecified atom stereocenters. The van der Waals surface area contributed by atoms with Gasteiger partial charge in [-0.25, -0.2) is 0 Å². The van der Waals surface area contributed by atoms with Crippen LogP contribution in [0.3, 0.4) is 0 Å². The van der Waals surface area contributed by atoms with Gasteiger partial charge in [0.2, 0.25) is 0 Å². The Morgan fingerprint density at radius 1 is 1.54 bits per heavy atom. The molecule has 3 nitrogen and oxygen atoms in total. The molecule has 0 aliphatic heterocycles. The van der Waals surface area contributed by atoms with E-state index in [9.17, 15) is 4.79 Å². The lowest BCUT2D eigenvalue weighted by atomic mass is 10.6. The summed E-state index contributed by atoms with van der Waals surface area (Å²) >= 11 is 0. The molecular formula is C9H18O3Si. The lowest BCUT2D eigenvalue weighted by molar-refractivity contribution is -0.109. The van der Waals surface area contributed by atoms with Crippen LogP contribution in [0.4, 0.5) is 0 Å². The lowest BCUT2D eigenvalue weighted by Crippen LogP contribution is -2.29. The van der Waals surface area contributed by atoms with Gasteiger partial charge in [0.15, 0.2) is 5.41 Å². The van der Waals surface area contributed by atoms with Crippen molar-refractivity contribution in [3.8, 4) is 0 Å². The van der Waals surface area contributed by atoms with Crippen LogP contribution in [0.25, 0.3) is 0 Å². The molecule has 1 atom stereocenters. The van der Waals surface area contributed by atoms with Crippen molar-refractivity contribution < 1.29 is 14.0 Å². The number of hydrogen-bond donors (Lipinski definition) is 0. The first-order valence-electron chi connectivity index (χ1n) is 4.53. The molecule has 0 N–H and O–H groups in total. The maximum absolute atomic E-state index is 11.3. The molecule has 0 rings (SSSR count). The van der Waals surface area contributed by atoms with Crippen molar-refractivity contribution in [1.29, 1.82) is 0 Å². The average Bonchev–Trinajstić information content (AvgIpc) is 2.16. The monoisotopic (exact) mass is 202 g/mol. The molecule has 0 aliphatic carbocycles. The Morgan fingerprint density at radius 2 is 2.23 bits per heavy atom. The van der Waals surface area contributed by atoms with Gasteiger partial charge in [-0.15, -0.1) is 0 Å². The van der Waals surface area contributed by atoms with Crippen LogP contribution in [0.5, 0.6) is 0 Å². The van der Waals surface area contributed by atoms with E-state index >= 15 is 0 Å². The van der Waals surface area contributed by atoms with Crippen molar-refractivity contribution in [2.75, 3.05) is 20.3 Å². The smallest absolute Gasteiger partial charge is 0.254 e. The van der Waals surface area contributed by atoms with E-state index in [1.165, 1.54) is 6.08 Å². The molecule has 0 aliphatic rings. The highest BCUT2D eigenvalue weighted by molar-refractivity contribution is 6.87. The zero-order chi connectivity index (χ0) is 10.1. The van der Waals surface area contributed by atoms with Gasteiger partial charge in [-0.2, -0.15) is 0 Å². The summed E-state index contributed by atoms with van der Waals surface area (Å²) in [6.45, 7) is 6.59. The molecule has 76 valence electrons. The zero-order valence-electron chi connectivity index (χ0n) is 8.41. The van der Waals surface area contributed by atoms with Crippen molar-refractivity contribution in [3.05, 3.63) is 12.7 Å². The van der Waals surface area contributed by atoms with Crippen molar-refractivity contribution in [2.45, 2.75) is 19.4 Å². The number of ether oxygens (including phenoxy) is 1. The minimum absolute atomic E-state index is 0.0953. The van der Waals surface area contributed by atoms with Gasteiger partial charge in [0.1, 0.15) is 0 Å². The average molecular weight is 202 g/mol. The van der Waals surface area contributed by atoms with Gasteiger partial charge in [-0.3, -0.25) is 4.79 Å². The molecule has 0 amide bonds. The molecule has 0 saturated carbocycles. The highest BCUT2D eigenvalue weighted by Gasteiger charge is 2.17. The summed E-state index contributed by atoms with van der Waals surface area (Å²) < 4.78 is 10.3. The fourth-order valence-electron chi connectivity index (χ4n) is 0.975. The van der Waals surface area contributed by atoms with Crippen LogP contribution in [0, 0.1) is 0 Å². The Kier molecular flexibility index (Phi) is 7.87. The van der Waals surface area contributed by atoms with Gasteiger partial charge in [-0.1, -0.05) is 19.9 Å². The molecular weight excluding hydrogens is 184 g/mol. The Balaban J connectivity index is 3.79. The van der Waals surface area contributed by atoms with Crippen LogP contribution in [0.2, 0.25) is 6.04 Å². The third kappa shape index (κ3) is 5.73. The van der Waals surface area contributed by atoms with Crippen LogP contribution in [0.15, 0.2) is 12.7 Å². The number of rotatable bonds is 8. The molecule has 13 heavy (non-hydrogen) atoms. The fraction of sp³-hybridized carbons (Fsp3) is 0.667. The number of allylic oxidation sites excluding steroid dienone is 1. The lowest BCUT2D eigenvalue weighted by Gasteiger charge is -2.11. The Hall–Kier alpha value is -0.453. The normalized spacial score (nSPS) is 12.5. The fourth-order valence-corrected chi connectivity index (χ4v) is 2.76. The molecule has 0 heterocycles. The van der Waals surface area contributed by atoms with Gasteiger partial charge in [-0.05, 0) is 12.1 Å². The van der Waals surface area contributed by atoms with E-state index in [0.717, 1.165) is 12.5 Å². The van der Waals surface area contributed by atoms with Gasteiger partial charge >= 0.3 is 0 Å². The van der Waals surface area contributed by atoms with E-state index in [1.807, 2.05) is 0 Å². The molecule has 0 aromatic carbocycles. The van der Waals surface area contributed by atoms with Crippen LogP contribution >= 0.6 is 0 Å². The van der Waals surface area contributed by atoms with Gasteiger partial charge in [0.05, 0.1) is 13.2 Å². The summed E-state index contributed by atoms with van der Waals surface area (Å²) in [6.07, 6.45) is 2.36. The minimum Gasteiger partial charge on any atom is -0.409 e. The summed E-state index contributed by atoms with van der Waals surface area (Å²) in [6, 6.07) is 0.883. The highest BCUT2D eigenvalue weighted by Crippen LogP contribution is 2.01. The number of carbonyl (C=O) groups excluding carboxylic acids is 1. The molecule has 0 aromatic rings. The quantitative estimate of drug-likeness (QED) is 0.336. The maximum atomic E-state index is 11.3. The molecule has 0 aromatic heterocycles. The first kappa shape index (κ1) is 12.5. The Labute approximate surface area is 81.5 Å². The topological polar surface area (TPSA) is 35.5 Å². The molecule has 0 saturated heterocycles. The summed E-state index contributed by atoms with van der Waals surface area (Å²) in [5, 5.41) is 0.0953. The van der Waals surface area contributed by atoms with Gasteiger partial charge in [0, 0.05) is 7.11 Å². The number of methoxy groups -OCH3 is 1. The van der Waals surface area contributed by atoms with E-state index in [-0.39, 0.29) is 5.41 Å². The molecule has 0 bridgehead atoms. The molecule has 4 heteroatoms. The predicted molar refractivity (Wildman–Crippen MR) is 55.3 cm³/mol. The Morgan fingerprint density at radius 3 is 2.69 bits per heavy atom. The summed E-state index contributed by atoms with van der Waals surface area (Å²) in [7, 11) is -0.0764. The van der Waals surface area contributed by atoms with E-state index in [2.05, 4.69) is 13.5 Å². The maximum Gasteiger partial charge on any atom is 0.254 e. The van der Waals surface area contributed by atoms with E-state index < -0.39 is 9.04 Å². The standard InChI is InChI=1S/C9H18O3Si/c1-4-8-13(9(10)5-2)12-7-6-11-3/h5,13H,2,4,6-8H2,1,3H3. The minimum atomic E-state index is -1.70. The summed E-state index contributed by atoms with van der Waals surface area (Å²) in [5.41, 5.74) is 0. The predicted octanol–water partition coefficient (Wildman–Crippen LogP) is 1.08. The summed E-state index contributed by atoms with van der Waals surface area (Å²) in [4.78, 5) is 11.3. The SMILES string of the molecule is C=CC(=O)[SiH](CCC)OCCOC. The summed E-state index contributed by atoms with van der Waals surface area (Å²) in [5.74, 6) is 0. The number of hydrogen-bond acceptors (Lipinski definition) is 3. The second-order valence-corrected chi connectivity index (χ2v) is 5.20. The highest BCUT2D eigenvalue weighted by atomic mass is 28.3. The van der Waals surface area contributed by atoms with E-state index in [0.29, 0.717) is 13.2 Å². The first-order valence-corrected chi connectivity index (χ1v) is 6.39. The zero-order valence-corrected chi connectivity index (χ0v) is 9.57. The van der Waals surface area contributed by atoms with Crippen LogP contribution < -0.4 is 0 Å². The van der Waals surface area contributed by atoms with Crippen LogP contribution in [0.1, 0.15) is 13.3 Å². The number of carbonyl (C=O) groups is 1. The van der Waals surface area contributed by atoms with Crippen molar-refractivity contribution in [2.24, 2.45) is 0 Å². The van der Waals surface area contributed by atoms with Crippen LogP contribution in [-0.4, -0.2) is 34.8 Å². The van der Waals surface area contributed by atoms with Gasteiger partial charge < -0.3 is 9.16 Å². The second kappa shape index (κ2) is 8.16. The second-order valence-electron chi connectivity index (χ2n) is 2.75. The Bertz CT molecular complexity index is 159. The van der Waals surface area contributed by atoms with Crippen molar-refractivity contribution in [1.82, 2.24) is 0 Å². The third-order valence-electron chi connectivity index (χ3n) is 1.68. The van der Waals surface area contributed by atoms with E-state index in [1.54, 1.807) is 7.11 Å². The third-order valence-corrected chi connectivity index (χ3v) is 4.29. The molecule has 0 spiro atoms. The largest absolute Gasteiger partial charge is 0.409 e. The van der Waals surface area contributed by atoms with Gasteiger partial charge in [0.25, 0.3) is 9.04 Å². The van der Waals surface area contributed by atoms with E-state index in [4.69, 9.17) is 9.16 Å². The van der Waals surface area contributed by atoms with Crippen molar-refractivity contribution >= 4 is 14.4 Å². The molecule has 0 radical (unpaired) electrons. The molecule has 0 fully saturated rings. The van der Waals surface area contributed by atoms with Crippen molar-refractivity contribution in [3.63, 3.8) is 0 Å². The van der Waals surface area contributed by atoms with Crippen LogP contribution in [-0.2, 0) is 14.0 Å².